The average molecular weight is 386 g/mol. The van der Waals surface area contributed by atoms with Gasteiger partial charge in [0.2, 0.25) is 0 Å². The van der Waals surface area contributed by atoms with Crippen molar-refractivity contribution in [2.75, 3.05) is 23.9 Å². The molecule has 0 radical (unpaired) electrons. The second-order valence-electron chi connectivity index (χ2n) is 6.33. The fourth-order valence-corrected chi connectivity index (χ4v) is 2.48. The monoisotopic (exact) mass is 386 g/mol. The summed E-state index contributed by atoms with van der Waals surface area (Å²) >= 11 is 0. The van der Waals surface area contributed by atoms with E-state index in [2.05, 4.69) is 5.32 Å². The number of nitrogens with one attached hydrogen (secondary N) is 1. The van der Waals surface area contributed by atoms with Crippen LogP contribution < -0.4 is 19.7 Å². The molecular formula is C21H26N2O5. The van der Waals surface area contributed by atoms with Crippen LogP contribution in [-0.4, -0.2) is 31.9 Å². The minimum absolute atomic E-state index is 0.230. The van der Waals surface area contributed by atoms with E-state index in [9.17, 15) is 9.59 Å². The fourth-order valence-electron chi connectivity index (χ4n) is 2.48. The van der Waals surface area contributed by atoms with E-state index in [0.29, 0.717) is 29.4 Å². The van der Waals surface area contributed by atoms with E-state index in [1.54, 1.807) is 51.3 Å². The lowest BCUT2D eigenvalue weighted by molar-refractivity contribution is 0.130. The van der Waals surface area contributed by atoms with Gasteiger partial charge < -0.3 is 14.2 Å². The molecule has 1 N–H and O–H groups in total. The highest BCUT2D eigenvalue weighted by Gasteiger charge is 2.18. The maximum atomic E-state index is 12.7. The lowest BCUT2D eigenvalue weighted by Crippen LogP contribution is -2.34. The molecule has 0 heterocycles. The van der Waals surface area contributed by atoms with Gasteiger partial charge in [-0.3, -0.25) is 10.2 Å². The van der Waals surface area contributed by atoms with Crippen LogP contribution in [0, 0.1) is 0 Å². The van der Waals surface area contributed by atoms with Crippen molar-refractivity contribution in [3.63, 3.8) is 0 Å². The first-order valence-electron chi connectivity index (χ1n) is 9.14. The molecule has 0 aliphatic heterocycles. The molecule has 28 heavy (non-hydrogen) atoms. The number of hydrogen-bond acceptors (Lipinski definition) is 5. The molecule has 2 aromatic carbocycles. The van der Waals surface area contributed by atoms with Crippen LogP contribution >= 0.6 is 0 Å². The van der Waals surface area contributed by atoms with Crippen molar-refractivity contribution >= 4 is 23.6 Å². The van der Waals surface area contributed by atoms with E-state index in [-0.39, 0.29) is 6.10 Å². The number of rotatable bonds is 7. The smallest absolute Gasteiger partial charge is 0.419 e. The quantitative estimate of drug-likeness (QED) is 0.719. The molecule has 0 unspecified atom stereocenters. The van der Waals surface area contributed by atoms with E-state index in [4.69, 9.17) is 14.2 Å². The summed E-state index contributed by atoms with van der Waals surface area (Å²) in [7, 11) is 1.57. The van der Waals surface area contributed by atoms with Gasteiger partial charge >= 0.3 is 12.2 Å². The Morgan fingerprint density at radius 1 is 1.07 bits per heavy atom. The SMILES string of the molecule is CCCN(C(=O)Oc1cccc(NC(=O)OC(C)C)c1)c1cccc(OC)c1. The molecule has 0 spiro atoms. The van der Waals surface area contributed by atoms with E-state index >= 15 is 0 Å². The van der Waals surface area contributed by atoms with Crippen LogP contribution in [0.1, 0.15) is 27.2 Å². The number of ether oxygens (including phenoxy) is 3. The van der Waals surface area contributed by atoms with E-state index < -0.39 is 12.2 Å². The van der Waals surface area contributed by atoms with Crippen molar-refractivity contribution in [2.24, 2.45) is 0 Å². The topological polar surface area (TPSA) is 77.1 Å². The van der Waals surface area contributed by atoms with Crippen molar-refractivity contribution < 1.29 is 23.8 Å². The molecule has 150 valence electrons. The Morgan fingerprint density at radius 3 is 2.46 bits per heavy atom. The summed E-state index contributed by atoms with van der Waals surface area (Å²) < 4.78 is 15.8. The number of nitrogens with zero attached hydrogens (tertiary/aromatic N) is 1. The predicted molar refractivity (Wildman–Crippen MR) is 108 cm³/mol. The zero-order chi connectivity index (χ0) is 20.5. The highest BCUT2D eigenvalue weighted by atomic mass is 16.6. The molecule has 2 rings (SSSR count). The van der Waals surface area contributed by atoms with Crippen LogP contribution in [0.2, 0.25) is 0 Å². The Hall–Kier alpha value is -3.22. The van der Waals surface area contributed by atoms with Gasteiger partial charge in [0, 0.05) is 24.4 Å². The maximum absolute atomic E-state index is 12.7. The van der Waals surface area contributed by atoms with Gasteiger partial charge in [0.1, 0.15) is 11.5 Å². The first-order chi connectivity index (χ1) is 13.4. The van der Waals surface area contributed by atoms with Gasteiger partial charge in [-0.05, 0) is 44.5 Å². The number of amides is 2. The van der Waals surface area contributed by atoms with Crippen LogP contribution in [0.25, 0.3) is 0 Å². The second kappa shape index (κ2) is 10.2. The van der Waals surface area contributed by atoms with Gasteiger partial charge in [0.05, 0.1) is 18.9 Å². The van der Waals surface area contributed by atoms with Crippen molar-refractivity contribution in [1.82, 2.24) is 0 Å². The van der Waals surface area contributed by atoms with Crippen LogP contribution in [0.15, 0.2) is 48.5 Å². The third-order valence-corrected chi connectivity index (χ3v) is 3.66. The number of carbonyl (C=O) groups is 2. The van der Waals surface area contributed by atoms with E-state index in [0.717, 1.165) is 6.42 Å². The summed E-state index contributed by atoms with van der Waals surface area (Å²) in [5.41, 5.74) is 1.15. The largest absolute Gasteiger partial charge is 0.497 e. The van der Waals surface area contributed by atoms with Gasteiger partial charge in [-0.15, -0.1) is 0 Å². The third-order valence-electron chi connectivity index (χ3n) is 3.66. The third kappa shape index (κ3) is 6.19. The summed E-state index contributed by atoms with van der Waals surface area (Å²) in [6, 6.07) is 13.8. The fraction of sp³-hybridized carbons (Fsp3) is 0.333. The molecule has 0 aliphatic carbocycles. The summed E-state index contributed by atoms with van der Waals surface area (Å²) in [5.74, 6) is 0.970. The average Bonchev–Trinajstić information content (AvgIpc) is 2.65. The van der Waals surface area contributed by atoms with Crippen molar-refractivity contribution in [2.45, 2.75) is 33.3 Å². The van der Waals surface area contributed by atoms with Gasteiger partial charge in [-0.2, -0.15) is 0 Å². The summed E-state index contributed by atoms with van der Waals surface area (Å²) in [6.07, 6.45) is -0.555. The number of benzene rings is 2. The van der Waals surface area contributed by atoms with Crippen LogP contribution in [0.3, 0.4) is 0 Å². The molecule has 7 heteroatoms. The number of carbonyl (C=O) groups excluding carboxylic acids is 2. The molecule has 0 fully saturated rings. The zero-order valence-corrected chi connectivity index (χ0v) is 16.6. The normalized spacial score (nSPS) is 10.3. The Morgan fingerprint density at radius 2 is 1.79 bits per heavy atom. The molecule has 0 aliphatic rings. The Balaban J connectivity index is 2.12. The number of methoxy groups -OCH3 is 1. The van der Waals surface area contributed by atoms with Crippen LogP contribution in [-0.2, 0) is 4.74 Å². The summed E-state index contributed by atoms with van der Waals surface area (Å²) in [4.78, 5) is 26.0. The van der Waals surface area contributed by atoms with Crippen molar-refractivity contribution in [1.29, 1.82) is 0 Å². The molecule has 0 saturated carbocycles. The molecule has 0 saturated heterocycles. The van der Waals surface area contributed by atoms with Crippen molar-refractivity contribution in [3.05, 3.63) is 48.5 Å². The van der Waals surface area contributed by atoms with Crippen molar-refractivity contribution in [3.8, 4) is 11.5 Å². The molecule has 2 aromatic rings. The summed E-state index contributed by atoms with van der Waals surface area (Å²) in [5, 5.41) is 2.61. The number of hydrogen-bond donors (Lipinski definition) is 1. The standard InChI is InChI=1S/C21H26N2O5/c1-5-12-23(17-9-7-10-18(14-17)26-4)21(25)28-19-11-6-8-16(13-19)22-20(24)27-15(2)3/h6-11,13-15H,5,12H2,1-4H3,(H,22,24). The maximum Gasteiger partial charge on any atom is 0.419 e. The molecular weight excluding hydrogens is 360 g/mol. The van der Waals surface area contributed by atoms with E-state index in [1.165, 1.54) is 4.90 Å². The Labute approximate surface area is 165 Å². The summed E-state index contributed by atoms with van der Waals surface area (Å²) in [6.45, 7) is 5.99. The van der Waals surface area contributed by atoms with Gasteiger partial charge in [0.15, 0.2) is 0 Å². The number of anilines is 2. The second-order valence-corrected chi connectivity index (χ2v) is 6.33. The minimum atomic E-state index is -0.567. The lowest BCUT2D eigenvalue weighted by Gasteiger charge is -2.22. The molecule has 0 atom stereocenters. The van der Waals surface area contributed by atoms with Gasteiger partial charge in [-0.1, -0.05) is 19.1 Å². The molecule has 7 nitrogen and oxygen atoms in total. The minimum Gasteiger partial charge on any atom is -0.497 e. The van der Waals surface area contributed by atoms with Crippen LogP contribution in [0.5, 0.6) is 11.5 Å². The lowest BCUT2D eigenvalue weighted by atomic mass is 10.2. The highest BCUT2D eigenvalue weighted by molar-refractivity contribution is 5.90. The van der Waals surface area contributed by atoms with Gasteiger partial charge in [0.25, 0.3) is 0 Å². The predicted octanol–water partition coefficient (Wildman–Crippen LogP) is 5.07. The Bertz CT molecular complexity index is 807. The first kappa shape index (κ1) is 21.1. The molecule has 2 amide bonds. The molecule has 0 bridgehead atoms. The molecule has 0 aromatic heterocycles. The zero-order valence-electron chi connectivity index (χ0n) is 16.6. The Kier molecular flexibility index (Phi) is 7.68. The van der Waals surface area contributed by atoms with Crippen LogP contribution in [0.4, 0.5) is 21.0 Å². The highest BCUT2D eigenvalue weighted by Crippen LogP contribution is 2.24. The van der Waals surface area contributed by atoms with Gasteiger partial charge in [-0.25, -0.2) is 9.59 Å². The van der Waals surface area contributed by atoms with E-state index in [1.807, 2.05) is 25.1 Å². The first-order valence-corrected chi connectivity index (χ1v) is 9.14.